The minimum absolute atomic E-state index is 0.0515. The van der Waals surface area contributed by atoms with Gasteiger partial charge < -0.3 is 5.32 Å². The largest absolute Gasteiger partial charge is 0.352 e. The smallest absolute Gasteiger partial charge is 0.251 e. The molecule has 0 saturated heterocycles. The van der Waals surface area contributed by atoms with E-state index in [-0.39, 0.29) is 5.91 Å². The molecule has 0 saturated carbocycles. The number of carbonyl (C=O) groups is 1. The van der Waals surface area contributed by atoms with Crippen LogP contribution >= 0.6 is 11.8 Å². The molecule has 0 aliphatic heterocycles. The highest BCUT2D eigenvalue weighted by molar-refractivity contribution is 7.99. The van der Waals surface area contributed by atoms with E-state index in [1.807, 2.05) is 11.8 Å². The molecule has 4 heteroatoms. The van der Waals surface area contributed by atoms with E-state index in [4.69, 9.17) is 0 Å². The number of hydrogen-bond acceptors (Lipinski definition) is 3. The first-order valence-corrected chi connectivity index (χ1v) is 7.97. The molecule has 2 aromatic rings. The second-order valence-corrected chi connectivity index (χ2v) is 6.70. The van der Waals surface area contributed by atoms with E-state index in [0.29, 0.717) is 17.4 Å². The van der Waals surface area contributed by atoms with Crippen LogP contribution in [-0.4, -0.2) is 22.7 Å². The number of hydrogen-bond donors (Lipinski definition) is 1. The molecule has 0 bridgehead atoms. The van der Waals surface area contributed by atoms with Crippen LogP contribution in [0.1, 0.15) is 29.8 Å². The van der Waals surface area contributed by atoms with Crippen LogP contribution in [0.2, 0.25) is 0 Å². The number of nitrogens with one attached hydrogen (secondary N) is 1. The SMILES string of the molecule is CC(C)Sc1ccc(CCNC(=O)c2ccncc2)cc1. The van der Waals surface area contributed by atoms with Crippen molar-refractivity contribution in [2.75, 3.05) is 6.54 Å². The lowest BCUT2D eigenvalue weighted by molar-refractivity contribution is 0.0954. The number of amides is 1. The molecule has 2 rings (SSSR count). The summed E-state index contributed by atoms with van der Waals surface area (Å²) in [4.78, 5) is 17.1. The number of aromatic nitrogens is 1. The Morgan fingerprint density at radius 3 is 2.43 bits per heavy atom. The van der Waals surface area contributed by atoms with E-state index in [9.17, 15) is 4.79 Å². The van der Waals surface area contributed by atoms with Gasteiger partial charge >= 0.3 is 0 Å². The monoisotopic (exact) mass is 300 g/mol. The van der Waals surface area contributed by atoms with E-state index in [2.05, 4.69) is 48.4 Å². The van der Waals surface area contributed by atoms with Gasteiger partial charge in [-0.25, -0.2) is 0 Å². The van der Waals surface area contributed by atoms with Crippen molar-refractivity contribution in [3.8, 4) is 0 Å². The normalized spacial score (nSPS) is 10.6. The predicted octanol–water partition coefficient (Wildman–Crippen LogP) is 3.55. The molecule has 0 unspecified atom stereocenters. The highest BCUT2D eigenvalue weighted by Crippen LogP contribution is 2.22. The van der Waals surface area contributed by atoms with Crippen LogP contribution in [-0.2, 0) is 6.42 Å². The van der Waals surface area contributed by atoms with Gasteiger partial charge in [0.15, 0.2) is 0 Å². The summed E-state index contributed by atoms with van der Waals surface area (Å²) >= 11 is 1.86. The molecule has 1 amide bonds. The lowest BCUT2D eigenvalue weighted by atomic mass is 10.1. The second-order valence-electron chi connectivity index (χ2n) is 5.05. The molecule has 0 aliphatic carbocycles. The van der Waals surface area contributed by atoms with Crippen molar-refractivity contribution in [1.82, 2.24) is 10.3 Å². The fourth-order valence-electron chi connectivity index (χ4n) is 1.93. The van der Waals surface area contributed by atoms with Gasteiger partial charge in [-0.05, 0) is 36.2 Å². The number of thioether (sulfide) groups is 1. The summed E-state index contributed by atoms with van der Waals surface area (Å²) in [7, 11) is 0. The summed E-state index contributed by atoms with van der Waals surface area (Å²) < 4.78 is 0. The Hall–Kier alpha value is -1.81. The average Bonchev–Trinajstić information content (AvgIpc) is 2.49. The molecule has 21 heavy (non-hydrogen) atoms. The number of nitrogens with zero attached hydrogens (tertiary/aromatic N) is 1. The maximum Gasteiger partial charge on any atom is 0.251 e. The van der Waals surface area contributed by atoms with Crippen LogP contribution in [0.3, 0.4) is 0 Å². The van der Waals surface area contributed by atoms with Gasteiger partial charge in [0.2, 0.25) is 0 Å². The van der Waals surface area contributed by atoms with Crippen molar-refractivity contribution >= 4 is 17.7 Å². The summed E-state index contributed by atoms with van der Waals surface area (Å²) in [5.41, 5.74) is 1.88. The summed E-state index contributed by atoms with van der Waals surface area (Å²) in [6.45, 7) is 5.01. The third-order valence-electron chi connectivity index (χ3n) is 2.94. The van der Waals surface area contributed by atoms with Crippen LogP contribution < -0.4 is 5.32 Å². The number of pyridine rings is 1. The molecular weight excluding hydrogens is 280 g/mol. The summed E-state index contributed by atoms with van der Waals surface area (Å²) in [6, 6.07) is 12.0. The third-order valence-corrected chi connectivity index (χ3v) is 3.95. The van der Waals surface area contributed by atoms with Crippen molar-refractivity contribution in [2.24, 2.45) is 0 Å². The molecule has 3 nitrogen and oxygen atoms in total. The van der Waals surface area contributed by atoms with E-state index in [0.717, 1.165) is 6.42 Å². The van der Waals surface area contributed by atoms with Crippen LogP contribution in [0, 0.1) is 0 Å². The van der Waals surface area contributed by atoms with Gasteiger partial charge in [0, 0.05) is 34.6 Å². The maximum absolute atomic E-state index is 11.9. The molecule has 0 aliphatic rings. The Labute approximate surface area is 130 Å². The first kappa shape index (κ1) is 15.6. The Bertz CT molecular complexity index is 567. The van der Waals surface area contributed by atoms with E-state index >= 15 is 0 Å². The number of rotatable bonds is 6. The standard InChI is InChI=1S/C17H20N2OS/c1-13(2)21-16-5-3-14(4-6-16)7-12-19-17(20)15-8-10-18-11-9-15/h3-6,8-11,13H,7,12H2,1-2H3,(H,19,20). The minimum atomic E-state index is -0.0515. The van der Waals surface area contributed by atoms with Gasteiger partial charge in [-0.1, -0.05) is 26.0 Å². The first-order valence-electron chi connectivity index (χ1n) is 7.09. The van der Waals surface area contributed by atoms with Gasteiger partial charge in [-0.15, -0.1) is 11.8 Å². The summed E-state index contributed by atoms with van der Waals surface area (Å²) in [6.07, 6.45) is 4.09. The fourth-order valence-corrected chi connectivity index (χ4v) is 2.77. The van der Waals surface area contributed by atoms with Crippen molar-refractivity contribution in [3.05, 3.63) is 59.9 Å². The van der Waals surface area contributed by atoms with Gasteiger partial charge in [0.1, 0.15) is 0 Å². The van der Waals surface area contributed by atoms with Crippen molar-refractivity contribution in [3.63, 3.8) is 0 Å². The van der Waals surface area contributed by atoms with E-state index in [1.54, 1.807) is 24.5 Å². The predicted molar refractivity (Wildman–Crippen MR) is 87.7 cm³/mol. The van der Waals surface area contributed by atoms with Crippen LogP contribution in [0.15, 0.2) is 53.7 Å². The molecule has 1 heterocycles. The van der Waals surface area contributed by atoms with Crippen molar-refractivity contribution < 1.29 is 4.79 Å². The summed E-state index contributed by atoms with van der Waals surface area (Å²) in [5, 5.41) is 3.52. The topological polar surface area (TPSA) is 42.0 Å². The summed E-state index contributed by atoms with van der Waals surface area (Å²) in [5.74, 6) is -0.0515. The second kappa shape index (κ2) is 7.84. The number of benzene rings is 1. The van der Waals surface area contributed by atoms with Gasteiger partial charge in [0.25, 0.3) is 5.91 Å². The lowest BCUT2D eigenvalue weighted by Gasteiger charge is -2.07. The molecule has 1 aromatic heterocycles. The molecule has 0 fully saturated rings. The zero-order chi connectivity index (χ0) is 15.1. The Morgan fingerprint density at radius 2 is 1.81 bits per heavy atom. The fraction of sp³-hybridized carbons (Fsp3) is 0.294. The zero-order valence-electron chi connectivity index (χ0n) is 12.4. The highest BCUT2D eigenvalue weighted by Gasteiger charge is 2.04. The molecule has 1 aromatic carbocycles. The Balaban J connectivity index is 1.79. The molecule has 110 valence electrons. The zero-order valence-corrected chi connectivity index (χ0v) is 13.2. The van der Waals surface area contributed by atoms with Gasteiger partial charge in [0.05, 0.1) is 0 Å². The van der Waals surface area contributed by atoms with Crippen molar-refractivity contribution in [1.29, 1.82) is 0 Å². The van der Waals surface area contributed by atoms with Gasteiger partial charge in [-0.2, -0.15) is 0 Å². The molecular formula is C17H20N2OS. The quantitative estimate of drug-likeness (QED) is 0.830. The molecule has 1 N–H and O–H groups in total. The van der Waals surface area contributed by atoms with Crippen molar-refractivity contribution in [2.45, 2.75) is 30.4 Å². The molecule has 0 spiro atoms. The van der Waals surface area contributed by atoms with Crippen LogP contribution in [0.5, 0.6) is 0 Å². The highest BCUT2D eigenvalue weighted by atomic mass is 32.2. The van der Waals surface area contributed by atoms with E-state index in [1.165, 1.54) is 10.5 Å². The van der Waals surface area contributed by atoms with Crippen LogP contribution in [0.4, 0.5) is 0 Å². The van der Waals surface area contributed by atoms with E-state index < -0.39 is 0 Å². The maximum atomic E-state index is 11.9. The third kappa shape index (κ3) is 5.23. The van der Waals surface area contributed by atoms with Gasteiger partial charge in [-0.3, -0.25) is 9.78 Å². The lowest BCUT2D eigenvalue weighted by Crippen LogP contribution is -2.25. The Morgan fingerprint density at radius 1 is 1.14 bits per heavy atom. The number of carbonyl (C=O) groups excluding carboxylic acids is 1. The molecule has 0 radical (unpaired) electrons. The minimum Gasteiger partial charge on any atom is -0.352 e. The Kier molecular flexibility index (Phi) is 5.81. The average molecular weight is 300 g/mol. The molecule has 0 atom stereocenters. The van der Waals surface area contributed by atoms with Crippen LogP contribution in [0.25, 0.3) is 0 Å². The first-order chi connectivity index (χ1) is 10.1.